The predicted octanol–water partition coefficient (Wildman–Crippen LogP) is 1.59. The normalized spacial score (nSPS) is 10.3. The SMILES string of the molecule is CCc1c(N)nc(-c2ccccc2OC)[nH]c1=O. The molecule has 0 saturated heterocycles. The highest BCUT2D eigenvalue weighted by atomic mass is 16.5. The van der Waals surface area contributed by atoms with E-state index in [0.29, 0.717) is 29.1 Å². The van der Waals surface area contributed by atoms with Crippen molar-refractivity contribution in [3.63, 3.8) is 0 Å². The number of nitrogens with two attached hydrogens (primary N) is 1. The van der Waals surface area contributed by atoms with Gasteiger partial charge in [0.05, 0.1) is 18.2 Å². The van der Waals surface area contributed by atoms with Crippen molar-refractivity contribution in [2.45, 2.75) is 13.3 Å². The lowest BCUT2D eigenvalue weighted by Gasteiger charge is -2.09. The van der Waals surface area contributed by atoms with Crippen molar-refractivity contribution in [2.24, 2.45) is 0 Å². The highest BCUT2D eigenvalue weighted by Gasteiger charge is 2.11. The number of aromatic nitrogens is 2. The number of methoxy groups -OCH3 is 1. The molecule has 0 aliphatic heterocycles. The summed E-state index contributed by atoms with van der Waals surface area (Å²) >= 11 is 0. The lowest BCUT2D eigenvalue weighted by molar-refractivity contribution is 0.416. The van der Waals surface area contributed by atoms with E-state index in [-0.39, 0.29) is 11.4 Å². The third kappa shape index (κ3) is 2.07. The molecule has 0 amide bonds. The van der Waals surface area contributed by atoms with Crippen molar-refractivity contribution < 1.29 is 4.74 Å². The summed E-state index contributed by atoms with van der Waals surface area (Å²) in [5.41, 5.74) is 6.81. The van der Waals surface area contributed by atoms with Gasteiger partial charge in [-0.15, -0.1) is 0 Å². The van der Waals surface area contributed by atoms with Crippen LogP contribution in [-0.2, 0) is 6.42 Å². The fraction of sp³-hybridized carbons (Fsp3) is 0.231. The number of ether oxygens (including phenoxy) is 1. The van der Waals surface area contributed by atoms with Crippen LogP contribution in [0.4, 0.5) is 5.82 Å². The summed E-state index contributed by atoms with van der Waals surface area (Å²) in [6.45, 7) is 1.87. The Morgan fingerprint density at radius 1 is 1.39 bits per heavy atom. The average Bonchev–Trinajstić information content (AvgIpc) is 2.38. The van der Waals surface area contributed by atoms with Crippen molar-refractivity contribution in [3.8, 4) is 17.1 Å². The molecule has 18 heavy (non-hydrogen) atoms. The van der Waals surface area contributed by atoms with E-state index < -0.39 is 0 Å². The number of hydrogen-bond acceptors (Lipinski definition) is 4. The molecule has 0 aliphatic carbocycles. The minimum atomic E-state index is -0.203. The summed E-state index contributed by atoms with van der Waals surface area (Å²) < 4.78 is 5.23. The zero-order valence-electron chi connectivity index (χ0n) is 10.4. The molecule has 1 aromatic heterocycles. The number of rotatable bonds is 3. The zero-order chi connectivity index (χ0) is 13.1. The first-order valence-corrected chi connectivity index (χ1v) is 5.69. The van der Waals surface area contributed by atoms with Gasteiger partial charge in [0.25, 0.3) is 5.56 Å². The molecule has 2 rings (SSSR count). The number of hydrogen-bond donors (Lipinski definition) is 2. The van der Waals surface area contributed by atoms with E-state index in [2.05, 4.69) is 9.97 Å². The summed E-state index contributed by atoms with van der Waals surface area (Å²) in [5, 5.41) is 0. The fourth-order valence-electron chi connectivity index (χ4n) is 1.82. The summed E-state index contributed by atoms with van der Waals surface area (Å²) in [6.07, 6.45) is 0.556. The molecule has 2 aromatic rings. The minimum absolute atomic E-state index is 0.203. The maximum Gasteiger partial charge on any atom is 0.256 e. The molecule has 1 aromatic carbocycles. The van der Waals surface area contributed by atoms with Crippen molar-refractivity contribution >= 4 is 5.82 Å². The monoisotopic (exact) mass is 245 g/mol. The fourth-order valence-corrected chi connectivity index (χ4v) is 1.82. The minimum Gasteiger partial charge on any atom is -0.496 e. The third-order valence-corrected chi connectivity index (χ3v) is 2.76. The lowest BCUT2D eigenvalue weighted by Crippen LogP contribution is -2.17. The molecule has 1 heterocycles. The second kappa shape index (κ2) is 4.91. The lowest BCUT2D eigenvalue weighted by atomic mass is 10.1. The molecule has 0 unspecified atom stereocenters. The van der Waals surface area contributed by atoms with Crippen molar-refractivity contribution in [1.82, 2.24) is 9.97 Å². The number of nitrogens with zero attached hydrogens (tertiary/aromatic N) is 1. The van der Waals surface area contributed by atoms with Crippen LogP contribution in [0, 0.1) is 0 Å². The van der Waals surface area contributed by atoms with Crippen LogP contribution in [-0.4, -0.2) is 17.1 Å². The van der Waals surface area contributed by atoms with E-state index in [9.17, 15) is 4.79 Å². The largest absolute Gasteiger partial charge is 0.496 e. The third-order valence-electron chi connectivity index (χ3n) is 2.76. The first kappa shape index (κ1) is 12.2. The Hall–Kier alpha value is -2.30. The Labute approximate surface area is 105 Å². The smallest absolute Gasteiger partial charge is 0.256 e. The van der Waals surface area contributed by atoms with Crippen LogP contribution in [0.5, 0.6) is 5.75 Å². The number of para-hydroxylation sites is 1. The number of H-pyrrole nitrogens is 1. The number of nitrogen functional groups attached to an aromatic ring is 1. The quantitative estimate of drug-likeness (QED) is 0.860. The van der Waals surface area contributed by atoms with Gasteiger partial charge >= 0.3 is 0 Å². The van der Waals surface area contributed by atoms with Crippen molar-refractivity contribution in [3.05, 3.63) is 40.2 Å². The standard InChI is InChI=1S/C13H15N3O2/c1-3-8-11(14)15-12(16-13(8)17)9-6-4-5-7-10(9)18-2/h4-7H,3H2,1-2H3,(H3,14,15,16,17). The van der Waals surface area contributed by atoms with Gasteiger partial charge in [-0.1, -0.05) is 19.1 Å². The predicted molar refractivity (Wildman–Crippen MR) is 70.6 cm³/mol. The summed E-state index contributed by atoms with van der Waals surface area (Å²) in [5.74, 6) is 1.33. The van der Waals surface area contributed by atoms with Gasteiger partial charge < -0.3 is 15.5 Å². The molecule has 0 spiro atoms. The van der Waals surface area contributed by atoms with Crippen LogP contribution in [0.3, 0.4) is 0 Å². The molecule has 3 N–H and O–H groups in total. The molecule has 0 fully saturated rings. The average molecular weight is 245 g/mol. The Balaban J connectivity index is 2.62. The molecule has 0 atom stereocenters. The maximum absolute atomic E-state index is 11.8. The van der Waals surface area contributed by atoms with Crippen LogP contribution >= 0.6 is 0 Å². The Bertz CT molecular complexity index is 620. The van der Waals surface area contributed by atoms with Crippen LogP contribution in [0.2, 0.25) is 0 Å². The van der Waals surface area contributed by atoms with Crippen LogP contribution in [0.1, 0.15) is 12.5 Å². The molecule has 0 bridgehead atoms. The number of nitrogens with one attached hydrogen (secondary N) is 1. The molecule has 0 aliphatic rings. The van der Waals surface area contributed by atoms with Gasteiger partial charge in [-0.3, -0.25) is 4.79 Å². The van der Waals surface area contributed by atoms with Crippen molar-refractivity contribution in [1.29, 1.82) is 0 Å². The zero-order valence-corrected chi connectivity index (χ0v) is 10.4. The van der Waals surface area contributed by atoms with Crippen LogP contribution in [0.15, 0.2) is 29.1 Å². The highest BCUT2D eigenvalue weighted by Crippen LogP contribution is 2.26. The number of anilines is 1. The van der Waals surface area contributed by atoms with Gasteiger partial charge in [-0.2, -0.15) is 0 Å². The van der Waals surface area contributed by atoms with Gasteiger partial charge in [-0.05, 0) is 18.6 Å². The first-order chi connectivity index (χ1) is 8.67. The van der Waals surface area contributed by atoms with E-state index in [1.54, 1.807) is 13.2 Å². The Morgan fingerprint density at radius 3 is 2.72 bits per heavy atom. The number of benzene rings is 1. The second-order valence-electron chi connectivity index (χ2n) is 3.83. The number of aromatic amines is 1. The summed E-state index contributed by atoms with van der Waals surface area (Å²) in [6, 6.07) is 7.33. The Kier molecular flexibility index (Phi) is 3.32. The molecular formula is C13H15N3O2. The highest BCUT2D eigenvalue weighted by molar-refractivity contribution is 5.65. The first-order valence-electron chi connectivity index (χ1n) is 5.69. The van der Waals surface area contributed by atoms with E-state index in [4.69, 9.17) is 10.5 Å². The molecule has 0 saturated carbocycles. The van der Waals surface area contributed by atoms with E-state index in [0.717, 1.165) is 0 Å². The van der Waals surface area contributed by atoms with E-state index >= 15 is 0 Å². The molecule has 5 nitrogen and oxygen atoms in total. The second-order valence-corrected chi connectivity index (χ2v) is 3.83. The van der Waals surface area contributed by atoms with E-state index in [1.807, 2.05) is 25.1 Å². The van der Waals surface area contributed by atoms with Gasteiger partial charge in [0.1, 0.15) is 17.4 Å². The van der Waals surface area contributed by atoms with Gasteiger partial charge in [0, 0.05) is 0 Å². The van der Waals surface area contributed by atoms with Gasteiger partial charge in [0.2, 0.25) is 0 Å². The molecule has 5 heteroatoms. The topological polar surface area (TPSA) is 81.0 Å². The molecule has 94 valence electrons. The molecule has 0 radical (unpaired) electrons. The summed E-state index contributed by atoms with van der Waals surface area (Å²) in [7, 11) is 1.57. The Morgan fingerprint density at radius 2 is 2.11 bits per heavy atom. The van der Waals surface area contributed by atoms with Crippen LogP contribution in [0.25, 0.3) is 11.4 Å². The summed E-state index contributed by atoms with van der Waals surface area (Å²) in [4.78, 5) is 18.8. The van der Waals surface area contributed by atoms with Crippen molar-refractivity contribution in [2.75, 3.05) is 12.8 Å². The maximum atomic E-state index is 11.8. The van der Waals surface area contributed by atoms with Crippen LogP contribution < -0.4 is 16.0 Å². The van der Waals surface area contributed by atoms with Gasteiger partial charge in [0.15, 0.2) is 0 Å². The van der Waals surface area contributed by atoms with Gasteiger partial charge in [-0.25, -0.2) is 4.98 Å². The van der Waals surface area contributed by atoms with E-state index in [1.165, 1.54) is 0 Å². The molecular weight excluding hydrogens is 230 g/mol.